The van der Waals surface area contributed by atoms with Crippen LogP contribution in [0.15, 0.2) is 0 Å². The molecule has 0 aliphatic heterocycles. The van der Waals surface area contributed by atoms with Gasteiger partial charge in [-0.05, 0) is 32.2 Å². The topological polar surface area (TPSA) is 18.5 Å². The molecule has 0 N–H and O–H groups in total. The van der Waals surface area contributed by atoms with Crippen LogP contribution in [0.1, 0.15) is 126 Å². The van der Waals surface area contributed by atoms with Crippen molar-refractivity contribution in [2.24, 2.45) is 5.92 Å². The Morgan fingerprint density at radius 1 is 0.667 bits per heavy atom. The number of hydrogen-bond donors (Lipinski definition) is 0. The first-order valence-corrected chi connectivity index (χ1v) is 14.2. The molecular formula is C24H52O2Si. The highest BCUT2D eigenvalue weighted by Gasteiger charge is 2.52. The first-order valence-electron chi connectivity index (χ1n) is 12.2. The average molecular weight is 401 g/mol. The van der Waals surface area contributed by atoms with E-state index in [0.29, 0.717) is 0 Å². The first kappa shape index (κ1) is 27.1. The van der Waals surface area contributed by atoms with Gasteiger partial charge in [0.2, 0.25) is 0 Å². The summed E-state index contributed by atoms with van der Waals surface area (Å²) in [7, 11) is -2.22. The van der Waals surface area contributed by atoms with Gasteiger partial charge in [0.1, 0.15) is 0 Å². The largest absolute Gasteiger partial charge is 0.394 e. The maximum Gasteiger partial charge on any atom is 0.344 e. The molecule has 0 aromatic heterocycles. The molecular weight excluding hydrogens is 348 g/mol. The van der Waals surface area contributed by atoms with Crippen LogP contribution in [0, 0.1) is 5.92 Å². The van der Waals surface area contributed by atoms with Crippen LogP contribution < -0.4 is 0 Å². The second-order valence-electron chi connectivity index (χ2n) is 8.97. The molecule has 0 radical (unpaired) electrons. The highest BCUT2D eigenvalue weighted by Crippen LogP contribution is 2.47. The van der Waals surface area contributed by atoms with Gasteiger partial charge in [-0.3, -0.25) is 0 Å². The predicted octanol–water partition coefficient (Wildman–Crippen LogP) is 8.64. The Hall–Kier alpha value is 0.137. The zero-order chi connectivity index (χ0) is 20.6. The van der Waals surface area contributed by atoms with Gasteiger partial charge in [-0.25, -0.2) is 0 Å². The smallest absolute Gasteiger partial charge is 0.344 e. The van der Waals surface area contributed by atoms with Crippen LogP contribution in [0.3, 0.4) is 0 Å². The average Bonchev–Trinajstić information content (AvgIpc) is 2.64. The molecule has 0 aliphatic rings. The van der Waals surface area contributed by atoms with Crippen LogP contribution in [0.4, 0.5) is 0 Å². The monoisotopic (exact) mass is 400 g/mol. The van der Waals surface area contributed by atoms with Gasteiger partial charge in [0.25, 0.3) is 0 Å². The SMILES string of the molecule is CCCCCCCCCCCC(C)(C)[Si](CC(CC)CC)(OCC)OCC. The van der Waals surface area contributed by atoms with Crippen molar-refractivity contribution in [2.75, 3.05) is 13.2 Å². The third-order valence-electron chi connectivity index (χ3n) is 6.40. The zero-order valence-corrected chi connectivity index (χ0v) is 21.0. The number of hydrogen-bond acceptors (Lipinski definition) is 2. The van der Waals surface area contributed by atoms with Crippen molar-refractivity contribution >= 4 is 8.56 Å². The van der Waals surface area contributed by atoms with Crippen LogP contribution in [0.25, 0.3) is 0 Å². The first-order chi connectivity index (χ1) is 12.9. The lowest BCUT2D eigenvalue weighted by molar-refractivity contribution is 0.147. The Bertz CT molecular complexity index is 320. The van der Waals surface area contributed by atoms with Gasteiger partial charge >= 0.3 is 8.56 Å². The van der Waals surface area contributed by atoms with Crippen molar-refractivity contribution in [1.82, 2.24) is 0 Å². The zero-order valence-electron chi connectivity index (χ0n) is 20.0. The van der Waals surface area contributed by atoms with E-state index in [0.717, 1.165) is 25.2 Å². The summed E-state index contributed by atoms with van der Waals surface area (Å²) in [6.45, 7) is 17.6. The molecule has 0 heterocycles. The molecule has 0 saturated carbocycles. The van der Waals surface area contributed by atoms with Crippen LogP contribution in [0.5, 0.6) is 0 Å². The summed E-state index contributed by atoms with van der Waals surface area (Å²) < 4.78 is 13.0. The minimum atomic E-state index is -2.22. The van der Waals surface area contributed by atoms with E-state index in [1.807, 2.05) is 0 Å². The van der Waals surface area contributed by atoms with Gasteiger partial charge in [-0.1, -0.05) is 105 Å². The van der Waals surface area contributed by atoms with Crippen molar-refractivity contribution in [1.29, 1.82) is 0 Å². The van der Waals surface area contributed by atoms with E-state index in [4.69, 9.17) is 8.85 Å². The fourth-order valence-electron chi connectivity index (χ4n) is 4.32. The Balaban J connectivity index is 4.60. The summed E-state index contributed by atoms with van der Waals surface area (Å²) >= 11 is 0. The third-order valence-corrected chi connectivity index (χ3v) is 11.3. The highest BCUT2D eigenvalue weighted by atomic mass is 28.4. The molecule has 0 rings (SSSR count). The number of unbranched alkanes of at least 4 members (excludes halogenated alkanes) is 8. The standard InChI is InChI=1S/C24H52O2Si/c1-8-13-14-15-16-17-18-19-20-21-24(6,7)27(25-11-4,26-12-5)22-23(9-2)10-3/h23H,8-22H2,1-7H3. The van der Waals surface area contributed by atoms with Gasteiger partial charge in [-0.15, -0.1) is 0 Å². The molecule has 0 amide bonds. The lowest BCUT2D eigenvalue weighted by Crippen LogP contribution is -2.52. The minimum absolute atomic E-state index is 0.183. The normalized spacial score (nSPS) is 12.9. The Labute approximate surface area is 173 Å². The molecule has 0 bridgehead atoms. The summed E-state index contributed by atoms with van der Waals surface area (Å²) in [4.78, 5) is 0. The number of rotatable bonds is 19. The van der Waals surface area contributed by atoms with Gasteiger partial charge in [-0.2, -0.15) is 0 Å². The highest BCUT2D eigenvalue weighted by molar-refractivity contribution is 6.70. The van der Waals surface area contributed by atoms with Gasteiger partial charge in [0.05, 0.1) is 0 Å². The molecule has 0 saturated heterocycles. The maximum atomic E-state index is 6.52. The van der Waals surface area contributed by atoms with Crippen molar-refractivity contribution < 1.29 is 8.85 Å². The molecule has 2 nitrogen and oxygen atoms in total. The quantitative estimate of drug-likeness (QED) is 0.159. The van der Waals surface area contributed by atoms with E-state index in [1.54, 1.807) is 0 Å². The van der Waals surface area contributed by atoms with E-state index in [2.05, 4.69) is 48.5 Å². The molecule has 27 heavy (non-hydrogen) atoms. The van der Waals surface area contributed by atoms with E-state index >= 15 is 0 Å². The van der Waals surface area contributed by atoms with Crippen LogP contribution in [-0.2, 0) is 8.85 Å². The molecule has 0 fully saturated rings. The van der Waals surface area contributed by atoms with Crippen molar-refractivity contribution in [3.05, 3.63) is 0 Å². The van der Waals surface area contributed by atoms with Gasteiger partial charge in [0.15, 0.2) is 0 Å². The van der Waals surface area contributed by atoms with Gasteiger partial charge < -0.3 is 8.85 Å². The molecule has 3 heteroatoms. The van der Waals surface area contributed by atoms with E-state index in [-0.39, 0.29) is 5.04 Å². The molecule has 0 aliphatic carbocycles. The fraction of sp³-hybridized carbons (Fsp3) is 1.00. The second kappa shape index (κ2) is 16.0. The Morgan fingerprint density at radius 3 is 1.52 bits per heavy atom. The van der Waals surface area contributed by atoms with Crippen molar-refractivity contribution in [3.63, 3.8) is 0 Å². The minimum Gasteiger partial charge on any atom is -0.394 e. The van der Waals surface area contributed by atoms with Gasteiger partial charge in [0, 0.05) is 18.3 Å². The summed E-state index contributed by atoms with van der Waals surface area (Å²) in [6, 6.07) is 1.16. The molecule has 0 unspecified atom stereocenters. The third kappa shape index (κ3) is 10.5. The van der Waals surface area contributed by atoms with Crippen molar-refractivity contribution in [2.45, 2.75) is 137 Å². The maximum absolute atomic E-state index is 6.52. The van der Waals surface area contributed by atoms with E-state index < -0.39 is 8.56 Å². The predicted molar refractivity (Wildman–Crippen MR) is 124 cm³/mol. The molecule has 0 spiro atoms. The summed E-state index contributed by atoms with van der Waals surface area (Å²) in [5.74, 6) is 0.733. The fourth-order valence-corrected chi connectivity index (χ4v) is 8.80. The van der Waals surface area contributed by atoms with Crippen LogP contribution >= 0.6 is 0 Å². The van der Waals surface area contributed by atoms with E-state index in [1.165, 1.54) is 77.0 Å². The molecule has 0 aromatic rings. The summed E-state index contributed by atoms with van der Waals surface area (Å²) in [5.41, 5.74) is 0. The molecule has 0 aromatic carbocycles. The van der Waals surface area contributed by atoms with Crippen LogP contribution in [0.2, 0.25) is 11.1 Å². The Morgan fingerprint density at radius 2 is 1.11 bits per heavy atom. The summed E-state index contributed by atoms with van der Waals surface area (Å²) in [6.07, 6.45) is 16.2. The Kier molecular flexibility index (Phi) is 16.1. The lowest BCUT2D eigenvalue weighted by Gasteiger charge is -2.44. The second-order valence-corrected chi connectivity index (χ2v) is 12.8. The molecule has 0 atom stereocenters. The molecule has 164 valence electrons. The summed E-state index contributed by atoms with van der Waals surface area (Å²) in [5, 5.41) is 0.183. The van der Waals surface area contributed by atoms with Crippen molar-refractivity contribution in [3.8, 4) is 0 Å². The lowest BCUT2D eigenvalue weighted by atomic mass is 10.0. The van der Waals surface area contributed by atoms with E-state index in [9.17, 15) is 0 Å². The van der Waals surface area contributed by atoms with Crippen LogP contribution in [-0.4, -0.2) is 21.8 Å².